The predicted octanol–water partition coefficient (Wildman–Crippen LogP) is 4.31. The molecule has 0 aromatic heterocycles. The first kappa shape index (κ1) is 16.5. The van der Waals surface area contributed by atoms with E-state index in [0.717, 1.165) is 18.4 Å². The Balaban J connectivity index is 1.39. The number of piperidine rings is 1. The minimum Gasteiger partial charge on any atom is -0.307 e. The molecule has 2 aliphatic carbocycles. The first-order chi connectivity index (χ1) is 11.8. The summed E-state index contributed by atoms with van der Waals surface area (Å²) in [6, 6.07) is 7.32. The standard InChI is InChI=1S/C21H31FN2/c22-20-9-7-18(8-10-20)21(16-17-5-6-19(21)15-17)23-11-4-14-24-12-2-1-3-13-24/h7-10,17,19,23H,1-6,11-16H2. The van der Waals surface area contributed by atoms with Crippen LogP contribution < -0.4 is 5.32 Å². The highest BCUT2D eigenvalue weighted by molar-refractivity contribution is 5.29. The van der Waals surface area contributed by atoms with Crippen molar-refractivity contribution in [3.63, 3.8) is 0 Å². The van der Waals surface area contributed by atoms with Crippen LogP contribution in [0, 0.1) is 17.7 Å². The van der Waals surface area contributed by atoms with Crippen molar-refractivity contribution >= 4 is 0 Å². The Morgan fingerprint density at radius 2 is 1.88 bits per heavy atom. The molecule has 3 aliphatic rings. The molecule has 3 atom stereocenters. The fraction of sp³-hybridized carbons (Fsp3) is 0.714. The van der Waals surface area contributed by atoms with Crippen molar-refractivity contribution < 1.29 is 4.39 Å². The van der Waals surface area contributed by atoms with Crippen LogP contribution in [0.15, 0.2) is 24.3 Å². The Morgan fingerprint density at radius 1 is 1.08 bits per heavy atom. The van der Waals surface area contributed by atoms with Crippen LogP contribution in [0.25, 0.3) is 0 Å². The van der Waals surface area contributed by atoms with Crippen LogP contribution in [0.3, 0.4) is 0 Å². The number of nitrogens with one attached hydrogen (secondary N) is 1. The molecule has 1 aromatic carbocycles. The van der Waals surface area contributed by atoms with Gasteiger partial charge in [0.05, 0.1) is 0 Å². The number of fused-ring (bicyclic) bond motifs is 2. The zero-order valence-corrected chi connectivity index (χ0v) is 14.8. The molecule has 3 unspecified atom stereocenters. The van der Waals surface area contributed by atoms with E-state index >= 15 is 0 Å². The molecule has 1 N–H and O–H groups in total. The number of nitrogens with zero attached hydrogens (tertiary/aromatic N) is 1. The van der Waals surface area contributed by atoms with Crippen LogP contribution in [0.2, 0.25) is 0 Å². The molecule has 4 rings (SSSR count). The maximum absolute atomic E-state index is 13.4. The molecule has 3 heteroatoms. The predicted molar refractivity (Wildman–Crippen MR) is 96.4 cm³/mol. The van der Waals surface area contributed by atoms with Gasteiger partial charge < -0.3 is 10.2 Å². The highest BCUT2D eigenvalue weighted by Gasteiger charge is 2.51. The molecular formula is C21H31FN2. The Morgan fingerprint density at radius 3 is 2.54 bits per heavy atom. The van der Waals surface area contributed by atoms with Gasteiger partial charge in [0.2, 0.25) is 0 Å². The molecule has 132 valence electrons. The Bertz CT molecular complexity index is 537. The Kier molecular flexibility index (Phi) is 4.91. The minimum absolute atomic E-state index is 0.110. The van der Waals surface area contributed by atoms with E-state index in [1.54, 1.807) is 12.1 Å². The van der Waals surface area contributed by atoms with E-state index in [4.69, 9.17) is 0 Å². The maximum Gasteiger partial charge on any atom is 0.123 e. The van der Waals surface area contributed by atoms with Gasteiger partial charge >= 0.3 is 0 Å². The van der Waals surface area contributed by atoms with Gasteiger partial charge in [0, 0.05) is 5.54 Å². The van der Waals surface area contributed by atoms with Gasteiger partial charge in [0.25, 0.3) is 0 Å². The summed E-state index contributed by atoms with van der Waals surface area (Å²) in [4.78, 5) is 2.62. The average Bonchev–Trinajstić information content (AvgIpc) is 3.22. The van der Waals surface area contributed by atoms with Crippen LogP contribution in [0.4, 0.5) is 4.39 Å². The van der Waals surface area contributed by atoms with E-state index in [-0.39, 0.29) is 11.4 Å². The zero-order valence-electron chi connectivity index (χ0n) is 14.8. The molecule has 1 aromatic rings. The number of likely N-dealkylation sites (tertiary alicyclic amines) is 1. The molecule has 2 bridgehead atoms. The van der Waals surface area contributed by atoms with Crippen molar-refractivity contribution in [3.05, 3.63) is 35.6 Å². The van der Waals surface area contributed by atoms with E-state index in [1.807, 2.05) is 12.1 Å². The van der Waals surface area contributed by atoms with Crippen molar-refractivity contribution in [1.29, 1.82) is 0 Å². The number of rotatable bonds is 6. The highest BCUT2D eigenvalue weighted by atomic mass is 19.1. The van der Waals surface area contributed by atoms with Crippen LogP contribution >= 0.6 is 0 Å². The smallest absolute Gasteiger partial charge is 0.123 e. The van der Waals surface area contributed by atoms with E-state index in [2.05, 4.69) is 10.2 Å². The molecule has 1 aliphatic heterocycles. The van der Waals surface area contributed by atoms with Gasteiger partial charge in [0.15, 0.2) is 0 Å². The summed E-state index contributed by atoms with van der Waals surface area (Å²) >= 11 is 0. The van der Waals surface area contributed by atoms with Gasteiger partial charge in [-0.2, -0.15) is 0 Å². The topological polar surface area (TPSA) is 15.3 Å². The van der Waals surface area contributed by atoms with Crippen LogP contribution in [0.1, 0.15) is 56.9 Å². The maximum atomic E-state index is 13.4. The van der Waals surface area contributed by atoms with Crippen molar-refractivity contribution in [2.24, 2.45) is 11.8 Å². The molecule has 2 saturated carbocycles. The van der Waals surface area contributed by atoms with Gasteiger partial charge in [-0.25, -0.2) is 4.39 Å². The van der Waals surface area contributed by atoms with Gasteiger partial charge in [-0.3, -0.25) is 0 Å². The molecule has 1 heterocycles. The zero-order chi connectivity index (χ0) is 16.4. The molecule has 3 fully saturated rings. The SMILES string of the molecule is Fc1ccc(C2(NCCCN3CCCCC3)CC3CCC2C3)cc1. The molecule has 1 saturated heterocycles. The molecule has 0 spiro atoms. The minimum atomic E-state index is -0.123. The van der Waals surface area contributed by atoms with Crippen LogP contribution in [-0.2, 0) is 5.54 Å². The number of benzene rings is 1. The van der Waals surface area contributed by atoms with E-state index in [0.29, 0.717) is 0 Å². The molecule has 24 heavy (non-hydrogen) atoms. The lowest BCUT2D eigenvalue weighted by atomic mass is 9.75. The van der Waals surface area contributed by atoms with Crippen molar-refractivity contribution in [3.8, 4) is 0 Å². The lowest BCUT2D eigenvalue weighted by Gasteiger charge is -2.40. The second-order valence-electron chi connectivity index (χ2n) is 8.24. The monoisotopic (exact) mass is 330 g/mol. The summed E-state index contributed by atoms with van der Waals surface area (Å²) in [5.74, 6) is 1.49. The lowest BCUT2D eigenvalue weighted by molar-refractivity contribution is 0.193. The van der Waals surface area contributed by atoms with Gasteiger partial charge in [-0.1, -0.05) is 25.0 Å². The van der Waals surface area contributed by atoms with Crippen LogP contribution in [0.5, 0.6) is 0 Å². The third kappa shape index (κ3) is 3.25. The fourth-order valence-electron chi connectivity index (χ4n) is 5.55. The first-order valence-corrected chi connectivity index (χ1v) is 10.00. The third-order valence-corrected chi connectivity index (χ3v) is 6.75. The van der Waals surface area contributed by atoms with Gasteiger partial charge in [-0.05, 0) is 94.2 Å². The fourth-order valence-corrected chi connectivity index (χ4v) is 5.55. The molecule has 0 radical (unpaired) electrons. The first-order valence-electron chi connectivity index (χ1n) is 10.00. The summed E-state index contributed by atoms with van der Waals surface area (Å²) in [5, 5.41) is 3.95. The highest BCUT2D eigenvalue weighted by Crippen LogP contribution is 2.55. The second-order valence-corrected chi connectivity index (χ2v) is 8.24. The number of halogens is 1. The van der Waals surface area contributed by atoms with Gasteiger partial charge in [0.1, 0.15) is 5.82 Å². The third-order valence-electron chi connectivity index (χ3n) is 6.75. The molecule has 0 amide bonds. The summed E-state index contributed by atoms with van der Waals surface area (Å²) in [6.45, 7) is 4.87. The van der Waals surface area contributed by atoms with E-state index in [1.165, 1.54) is 76.6 Å². The summed E-state index contributed by atoms with van der Waals surface area (Å²) < 4.78 is 13.4. The van der Waals surface area contributed by atoms with E-state index < -0.39 is 0 Å². The molecule has 2 nitrogen and oxygen atoms in total. The van der Waals surface area contributed by atoms with E-state index in [9.17, 15) is 4.39 Å². The number of hydrogen-bond acceptors (Lipinski definition) is 2. The van der Waals surface area contributed by atoms with Crippen molar-refractivity contribution in [1.82, 2.24) is 10.2 Å². The lowest BCUT2D eigenvalue weighted by Crippen LogP contribution is -2.47. The summed E-state index contributed by atoms with van der Waals surface area (Å²) in [7, 11) is 0. The Labute approximate surface area is 145 Å². The van der Waals surface area contributed by atoms with Crippen molar-refractivity contribution in [2.45, 2.75) is 56.9 Å². The normalized spacial score (nSPS) is 33.2. The Hall–Kier alpha value is -0.930. The summed E-state index contributed by atoms with van der Waals surface area (Å²) in [6.07, 6.45) is 10.7. The average molecular weight is 330 g/mol. The van der Waals surface area contributed by atoms with Gasteiger partial charge in [-0.15, -0.1) is 0 Å². The second kappa shape index (κ2) is 7.13. The number of hydrogen-bond donors (Lipinski definition) is 1. The quantitative estimate of drug-likeness (QED) is 0.782. The molecular weight excluding hydrogens is 299 g/mol. The van der Waals surface area contributed by atoms with Crippen molar-refractivity contribution in [2.75, 3.05) is 26.2 Å². The van der Waals surface area contributed by atoms with Crippen LogP contribution in [-0.4, -0.2) is 31.1 Å². The summed E-state index contributed by atoms with van der Waals surface area (Å²) in [5.41, 5.74) is 1.42. The largest absolute Gasteiger partial charge is 0.307 e.